The molecule has 13 aromatic rings. The van der Waals surface area contributed by atoms with E-state index < -0.39 is 43.9 Å². The van der Waals surface area contributed by atoms with E-state index in [1.807, 2.05) is 131 Å². The van der Waals surface area contributed by atoms with E-state index >= 15 is 0 Å². The number of aryl methyl sites for hydroxylation is 2. The number of nitrogens with zero attached hydrogens (tertiary/aromatic N) is 4. The second-order valence-electron chi connectivity index (χ2n) is 22.8. The summed E-state index contributed by atoms with van der Waals surface area (Å²) in [7, 11) is 0. The van der Waals surface area contributed by atoms with Crippen LogP contribution >= 0.6 is 0 Å². The van der Waals surface area contributed by atoms with Gasteiger partial charge in [-0.3, -0.25) is 4.57 Å². The standard InChI is InChI=1S/C76H60N4O.Pt/c1-48-20-16-21-49(2)71(48)52-42-65(51-34-36-53(37-35-51)75(3,4)5)73-66(43-52)72-58(50-22-10-9-11-23-50)29-18-30-63(72)59-26-12-13-27-60(59)64-31-19-33-68-74(64)79(73)47-78(68)55-24-17-25-56(45-55)81-57-38-39-62-61-28-14-15-32-67(61)80(69(62)46-57)70-44-54(40-41-77-70)76(6,7)8;/h9-44H,1-8H3;/q-2;/i1D3,2D3,9D,10D,11D,22D,23D;. The van der Waals surface area contributed by atoms with Crippen molar-refractivity contribution in [3.05, 3.63) is 259 Å². The second-order valence-corrected chi connectivity index (χ2v) is 22.8. The van der Waals surface area contributed by atoms with Crippen molar-refractivity contribution in [2.24, 2.45) is 0 Å². The molecule has 0 fully saturated rings. The zero-order valence-corrected chi connectivity index (χ0v) is 48.2. The Bertz CT molecular complexity index is 5140. The molecule has 82 heavy (non-hydrogen) atoms. The molecule has 10 aromatic carbocycles. The first-order chi connectivity index (χ1) is 43.8. The van der Waals surface area contributed by atoms with Gasteiger partial charge in [0.05, 0.1) is 23.6 Å². The van der Waals surface area contributed by atoms with Crippen molar-refractivity contribution in [2.45, 2.75) is 66.1 Å². The van der Waals surface area contributed by atoms with Gasteiger partial charge in [0.1, 0.15) is 5.82 Å². The van der Waals surface area contributed by atoms with Gasteiger partial charge in [0.2, 0.25) is 0 Å². The Morgan fingerprint density at radius 1 is 0.512 bits per heavy atom. The van der Waals surface area contributed by atoms with Crippen LogP contribution in [0.1, 0.15) is 78.9 Å². The Balaban J connectivity index is 0.00000787. The molecule has 3 aromatic heterocycles. The summed E-state index contributed by atoms with van der Waals surface area (Å²) in [5, 5.41) is 2.03. The van der Waals surface area contributed by atoms with E-state index in [4.69, 9.17) is 22.1 Å². The van der Waals surface area contributed by atoms with Crippen LogP contribution in [0.3, 0.4) is 0 Å². The van der Waals surface area contributed by atoms with Crippen LogP contribution in [-0.2, 0) is 31.9 Å². The summed E-state index contributed by atoms with van der Waals surface area (Å²) < 4.78 is 112. The van der Waals surface area contributed by atoms with E-state index in [-0.39, 0.29) is 65.3 Å². The molecule has 0 unspecified atom stereocenters. The molecule has 4 heterocycles. The second kappa shape index (κ2) is 20.3. The number of aromatic nitrogens is 4. The van der Waals surface area contributed by atoms with Crippen molar-refractivity contribution in [1.29, 1.82) is 0 Å². The fraction of sp³-hybridized carbons (Fsp3) is 0.132. The van der Waals surface area contributed by atoms with Crippen molar-refractivity contribution < 1.29 is 45.4 Å². The van der Waals surface area contributed by atoms with Gasteiger partial charge in [-0.05, 0) is 155 Å². The minimum Gasteiger partial charge on any atom is -0.510 e. The predicted octanol–water partition coefficient (Wildman–Crippen LogP) is 19.1. The maximum atomic E-state index is 9.56. The fourth-order valence-electron chi connectivity index (χ4n) is 11.7. The molecule has 1 aliphatic heterocycles. The van der Waals surface area contributed by atoms with Gasteiger partial charge >= 0.3 is 0 Å². The normalized spacial score (nSPS) is 14.3. The minimum atomic E-state index is -2.79. The first kappa shape index (κ1) is 41.2. The van der Waals surface area contributed by atoms with E-state index in [2.05, 4.69) is 94.9 Å². The van der Waals surface area contributed by atoms with Gasteiger partial charge in [0.25, 0.3) is 6.33 Å². The number of para-hydroxylation sites is 2. The Morgan fingerprint density at radius 2 is 1.16 bits per heavy atom. The summed E-state index contributed by atoms with van der Waals surface area (Å²) >= 11 is 0. The number of rotatable bonds is 7. The van der Waals surface area contributed by atoms with Crippen LogP contribution in [0.5, 0.6) is 11.5 Å². The van der Waals surface area contributed by atoms with E-state index in [0.717, 1.165) is 55.4 Å². The fourth-order valence-corrected chi connectivity index (χ4v) is 11.7. The number of ether oxygens (including phenoxy) is 1. The number of imidazole rings is 1. The van der Waals surface area contributed by atoms with E-state index in [0.29, 0.717) is 61.7 Å². The van der Waals surface area contributed by atoms with Gasteiger partial charge < -0.3 is 13.9 Å². The Kier molecular flexibility index (Phi) is 10.2. The van der Waals surface area contributed by atoms with Crippen molar-refractivity contribution in [3.63, 3.8) is 0 Å². The molecule has 0 amide bonds. The van der Waals surface area contributed by atoms with E-state index in [9.17, 15) is 2.74 Å². The quantitative estimate of drug-likeness (QED) is 0.118. The van der Waals surface area contributed by atoms with Gasteiger partial charge in [0, 0.05) is 52.5 Å². The van der Waals surface area contributed by atoms with Gasteiger partial charge in [-0.1, -0.05) is 199 Å². The summed E-state index contributed by atoms with van der Waals surface area (Å²) in [6, 6.07) is 62.2. The van der Waals surface area contributed by atoms with Crippen LogP contribution in [-0.4, -0.2) is 14.1 Å². The number of fused-ring (bicyclic) bond motifs is 10. The van der Waals surface area contributed by atoms with Crippen molar-refractivity contribution in [2.75, 3.05) is 0 Å². The van der Waals surface area contributed by atoms with Crippen LogP contribution in [0.4, 0.5) is 0 Å². The first-order valence-corrected chi connectivity index (χ1v) is 27.1. The molecular formula is C76H60N4OPt-2. The molecule has 0 aliphatic carbocycles. The molecule has 14 rings (SSSR count). The van der Waals surface area contributed by atoms with E-state index in [1.54, 1.807) is 18.2 Å². The molecule has 402 valence electrons. The maximum absolute atomic E-state index is 9.56. The largest absolute Gasteiger partial charge is 0.510 e. The van der Waals surface area contributed by atoms with Crippen LogP contribution in [0.2, 0.25) is 0 Å². The van der Waals surface area contributed by atoms with Crippen LogP contribution < -0.4 is 9.30 Å². The molecule has 0 saturated heterocycles. The molecule has 0 radical (unpaired) electrons. The Labute approximate surface area is 510 Å². The zero-order chi connectivity index (χ0) is 64.7. The van der Waals surface area contributed by atoms with E-state index in [1.165, 1.54) is 18.2 Å². The summed E-state index contributed by atoms with van der Waals surface area (Å²) in [5.74, 6) is 1.59. The van der Waals surface area contributed by atoms with Crippen molar-refractivity contribution in [1.82, 2.24) is 14.1 Å². The summed E-state index contributed by atoms with van der Waals surface area (Å²) in [6.07, 6.45) is 5.65. The van der Waals surface area contributed by atoms with Gasteiger partial charge in [-0.25, -0.2) is 4.98 Å². The average Bonchev–Trinajstić information content (AvgIpc) is 1.64. The molecular weight excluding hydrogens is 1180 g/mol. The third-order valence-electron chi connectivity index (χ3n) is 15.6. The molecule has 0 saturated carbocycles. The van der Waals surface area contributed by atoms with Crippen LogP contribution in [0.25, 0.3) is 117 Å². The summed E-state index contributed by atoms with van der Waals surface area (Å²) in [4.78, 5) is 4.88. The molecule has 5 nitrogen and oxygen atoms in total. The summed E-state index contributed by atoms with van der Waals surface area (Å²) in [5.41, 5.74) is 11.2. The number of pyridine rings is 1. The minimum absolute atomic E-state index is 0. The number of hydrogen-bond acceptors (Lipinski definition) is 2. The van der Waals surface area contributed by atoms with Gasteiger partial charge in [0.15, 0.2) is 0 Å². The Morgan fingerprint density at radius 3 is 1.93 bits per heavy atom. The third kappa shape index (κ3) is 8.91. The summed E-state index contributed by atoms with van der Waals surface area (Å²) in [6.45, 7) is 7.34. The first-order valence-electron chi connectivity index (χ1n) is 32.6. The van der Waals surface area contributed by atoms with Crippen molar-refractivity contribution in [3.8, 4) is 95.5 Å². The molecule has 0 bridgehead atoms. The van der Waals surface area contributed by atoms with Crippen LogP contribution in [0, 0.1) is 32.2 Å². The maximum Gasteiger partial charge on any atom is 0.268 e. The van der Waals surface area contributed by atoms with Gasteiger partial charge in [-0.2, -0.15) is 18.2 Å². The van der Waals surface area contributed by atoms with Crippen molar-refractivity contribution >= 4 is 32.8 Å². The molecule has 0 atom stereocenters. The monoisotopic (exact) mass is 1250 g/mol. The smallest absolute Gasteiger partial charge is 0.268 e. The Hall–Kier alpha value is -8.89. The molecule has 0 spiro atoms. The van der Waals surface area contributed by atoms with Crippen LogP contribution in [0.15, 0.2) is 218 Å². The SMILES string of the molecule is [2H]c1c([2H])c([2H])c(-c2cccc3c2-c2cc(-c4c(C([2H])([2H])[2H])cccc4C([2H])([2H])[2H])cc(-c4ccc(C(C)(C)C)cc4)c2-[n+]2[c-]n(-c4[c-]c(Oc5[c-]c6c(cc5)c5ccccc5n6-c5cc(C(C)(C)C)ccn5)ccc4)c4cccc(c42)-c2ccccc2-3)c([2H])c1[2H].[Pt]. The number of hydrogen-bond donors (Lipinski definition) is 0. The number of benzene rings is 10. The molecule has 1 aliphatic rings. The average molecular weight is 1250 g/mol. The third-order valence-corrected chi connectivity index (χ3v) is 15.6. The predicted molar refractivity (Wildman–Crippen MR) is 333 cm³/mol. The molecule has 0 N–H and O–H groups in total. The zero-order valence-electron chi connectivity index (χ0n) is 56.9. The van der Waals surface area contributed by atoms with Gasteiger partial charge in [-0.15, -0.1) is 29.7 Å². The topological polar surface area (TPSA) is 35.9 Å². The molecule has 6 heteroatoms.